The summed E-state index contributed by atoms with van der Waals surface area (Å²) in [7, 11) is 3.64. The van der Waals surface area contributed by atoms with Gasteiger partial charge in [0.1, 0.15) is 18.1 Å². The molecule has 0 radical (unpaired) electrons. The van der Waals surface area contributed by atoms with E-state index >= 15 is 0 Å². The van der Waals surface area contributed by atoms with Crippen LogP contribution in [0.5, 0.6) is 5.75 Å². The van der Waals surface area contributed by atoms with E-state index in [1.165, 1.54) is 0 Å². The third-order valence-corrected chi connectivity index (χ3v) is 5.40. The number of likely N-dealkylation sites (N-methyl/N-ethyl adjacent to an activating group) is 1. The molecule has 1 N–H and O–H groups in total. The van der Waals surface area contributed by atoms with Crippen LogP contribution in [0.25, 0.3) is 11.8 Å². The van der Waals surface area contributed by atoms with E-state index in [9.17, 15) is 5.26 Å². The van der Waals surface area contributed by atoms with Crippen molar-refractivity contribution >= 4 is 11.8 Å². The summed E-state index contributed by atoms with van der Waals surface area (Å²) in [4.78, 5) is 4.33. The minimum absolute atomic E-state index is 0.437. The minimum Gasteiger partial charge on any atom is -0.497 e. The normalized spacial score (nSPS) is 15.0. The molecule has 30 heavy (non-hydrogen) atoms. The number of rotatable bonds is 3. The number of methoxy groups -OCH3 is 1. The second kappa shape index (κ2) is 7.10. The van der Waals surface area contributed by atoms with E-state index in [-0.39, 0.29) is 0 Å². The number of ether oxygens (including phenoxy) is 1. The number of aromatic nitrogens is 2. The summed E-state index contributed by atoms with van der Waals surface area (Å²) in [6.45, 7) is 0. The minimum atomic E-state index is 0.437. The quantitative estimate of drug-likeness (QED) is 0.732. The highest BCUT2D eigenvalue weighted by atomic mass is 16.5. The van der Waals surface area contributed by atoms with Crippen LogP contribution in [0.4, 0.5) is 5.69 Å². The number of anilines is 1. The second-order valence-electron chi connectivity index (χ2n) is 7.12. The molecule has 3 heterocycles. The van der Waals surface area contributed by atoms with Crippen molar-refractivity contribution in [2.45, 2.75) is 6.42 Å². The van der Waals surface area contributed by atoms with E-state index in [1.807, 2.05) is 53.0 Å². The van der Waals surface area contributed by atoms with Crippen LogP contribution in [-0.4, -0.2) is 28.7 Å². The largest absolute Gasteiger partial charge is 0.497 e. The number of nitriles is 1. The number of benzene rings is 2. The van der Waals surface area contributed by atoms with Crippen LogP contribution in [0.2, 0.25) is 0 Å². The molecule has 0 spiro atoms. The molecule has 2 aliphatic heterocycles. The van der Waals surface area contributed by atoms with E-state index < -0.39 is 0 Å². The van der Waals surface area contributed by atoms with Gasteiger partial charge in [0.25, 0.3) is 0 Å². The number of hydrazine groups is 2. The van der Waals surface area contributed by atoms with Gasteiger partial charge in [0.15, 0.2) is 5.69 Å². The van der Waals surface area contributed by atoms with Crippen LogP contribution in [-0.2, 0) is 6.42 Å². The van der Waals surface area contributed by atoms with Gasteiger partial charge in [0, 0.05) is 19.5 Å². The average molecular weight is 396 g/mol. The fraction of sp³-hybridized carbons (Fsp3) is 0.130. The van der Waals surface area contributed by atoms with Crippen molar-refractivity contribution in [2.24, 2.45) is 0 Å². The molecule has 7 nitrogen and oxygen atoms in total. The number of nitrogens with one attached hydrogen (secondary N) is 1. The molecular weight excluding hydrogens is 376 g/mol. The summed E-state index contributed by atoms with van der Waals surface area (Å²) in [5.74, 6) is 0.759. The Bertz CT molecular complexity index is 1220. The topological polar surface area (TPSA) is 69.3 Å². The number of hydrogen-bond acceptors (Lipinski definition) is 6. The average Bonchev–Trinajstić information content (AvgIpc) is 3.29. The molecule has 5 rings (SSSR count). The lowest BCUT2D eigenvalue weighted by Gasteiger charge is -2.24. The predicted octanol–water partition coefficient (Wildman–Crippen LogP) is 3.41. The van der Waals surface area contributed by atoms with Crippen molar-refractivity contribution in [2.75, 3.05) is 19.2 Å². The predicted molar refractivity (Wildman–Crippen MR) is 114 cm³/mol. The second-order valence-corrected chi connectivity index (χ2v) is 7.12. The van der Waals surface area contributed by atoms with Crippen molar-refractivity contribution in [1.29, 1.82) is 5.26 Å². The zero-order valence-electron chi connectivity index (χ0n) is 16.7. The summed E-state index contributed by atoms with van der Waals surface area (Å²) in [6, 6.07) is 18.3. The summed E-state index contributed by atoms with van der Waals surface area (Å²) < 4.78 is 7.45. The Kier molecular flexibility index (Phi) is 4.27. The lowest BCUT2D eigenvalue weighted by molar-refractivity contribution is 0.341. The molecule has 3 aromatic rings. The third kappa shape index (κ3) is 2.82. The Labute approximate surface area is 174 Å². The Morgan fingerprint density at radius 1 is 1.13 bits per heavy atom. The standard InChI is InChI=1S/C23H20N6O/c1-27-19(10-8-16-6-4-3-5-7-16)23-13-21-18(14-24)25-15-28(21)20-11-9-17(30-2)12-22(20)29(23)26-27/h3-12,15,26H,13H2,1-2H3/b10-8+. The maximum Gasteiger partial charge on any atom is 0.162 e. The summed E-state index contributed by atoms with van der Waals surface area (Å²) in [5, 5.41) is 13.6. The van der Waals surface area contributed by atoms with E-state index in [0.717, 1.165) is 39.8 Å². The zero-order chi connectivity index (χ0) is 20.7. The molecule has 0 fully saturated rings. The van der Waals surface area contributed by atoms with E-state index in [0.29, 0.717) is 12.1 Å². The van der Waals surface area contributed by atoms with Gasteiger partial charge in [-0.1, -0.05) is 36.4 Å². The molecular formula is C23H20N6O. The van der Waals surface area contributed by atoms with Gasteiger partial charge in [0.2, 0.25) is 0 Å². The van der Waals surface area contributed by atoms with E-state index in [2.05, 4.69) is 45.9 Å². The van der Waals surface area contributed by atoms with Crippen molar-refractivity contribution in [3.8, 4) is 17.5 Å². The number of imidazole rings is 1. The maximum atomic E-state index is 9.60. The number of fused-ring (bicyclic) bond motifs is 5. The molecule has 0 saturated carbocycles. The first-order chi connectivity index (χ1) is 14.7. The molecule has 7 heteroatoms. The Hall–Kier alpha value is -4.02. The molecule has 0 unspecified atom stereocenters. The van der Waals surface area contributed by atoms with Gasteiger partial charge in [-0.15, -0.1) is 5.53 Å². The van der Waals surface area contributed by atoms with Gasteiger partial charge in [-0.3, -0.25) is 14.6 Å². The molecule has 2 aliphatic rings. The van der Waals surface area contributed by atoms with Crippen molar-refractivity contribution < 1.29 is 4.74 Å². The molecule has 2 aromatic carbocycles. The highest BCUT2D eigenvalue weighted by molar-refractivity contribution is 5.72. The highest BCUT2D eigenvalue weighted by Gasteiger charge is 2.33. The highest BCUT2D eigenvalue weighted by Crippen LogP contribution is 2.39. The molecule has 0 amide bonds. The third-order valence-electron chi connectivity index (χ3n) is 5.40. The Morgan fingerprint density at radius 3 is 2.73 bits per heavy atom. The van der Waals surface area contributed by atoms with Crippen molar-refractivity contribution in [3.05, 3.63) is 89.3 Å². The van der Waals surface area contributed by atoms with Crippen LogP contribution in [0.3, 0.4) is 0 Å². The first-order valence-electron chi connectivity index (χ1n) is 9.60. The number of allylic oxidation sites excluding steroid dienone is 2. The monoisotopic (exact) mass is 396 g/mol. The van der Waals surface area contributed by atoms with Gasteiger partial charge in [-0.2, -0.15) is 5.26 Å². The lowest BCUT2D eigenvalue weighted by Crippen LogP contribution is -2.39. The zero-order valence-corrected chi connectivity index (χ0v) is 16.7. The number of nitrogens with zero attached hydrogens (tertiary/aromatic N) is 5. The molecule has 148 valence electrons. The molecule has 0 aliphatic carbocycles. The summed E-state index contributed by atoms with van der Waals surface area (Å²) in [6.07, 6.45) is 6.45. The number of hydrogen-bond donors (Lipinski definition) is 1. The van der Waals surface area contributed by atoms with Crippen LogP contribution in [0.1, 0.15) is 17.0 Å². The van der Waals surface area contributed by atoms with Gasteiger partial charge in [0.05, 0.1) is 35.6 Å². The molecule has 0 saturated heterocycles. The lowest BCUT2D eigenvalue weighted by atomic mass is 10.1. The molecule has 0 bridgehead atoms. The van der Waals surface area contributed by atoms with Crippen molar-refractivity contribution in [3.63, 3.8) is 0 Å². The fourth-order valence-electron chi connectivity index (χ4n) is 3.90. The summed E-state index contributed by atoms with van der Waals surface area (Å²) in [5.41, 5.74) is 9.77. The van der Waals surface area contributed by atoms with Gasteiger partial charge in [-0.05, 0) is 23.8 Å². The fourth-order valence-corrected chi connectivity index (χ4v) is 3.90. The maximum absolute atomic E-state index is 9.60. The molecule has 1 aromatic heterocycles. The van der Waals surface area contributed by atoms with Gasteiger partial charge >= 0.3 is 0 Å². The SMILES string of the molecule is COc1ccc2c(c1)N1NN(C)C(/C=C/c3ccccc3)=C1Cc1c(C#N)ncn1-2. The summed E-state index contributed by atoms with van der Waals surface area (Å²) >= 11 is 0. The van der Waals surface area contributed by atoms with Crippen LogP contribution >= 0.6 is 0 Å². The van der Waals surface area contributed by atoms with E-state index in [4.69, 9.17) is 4.74 Å². The first kappa shape index (κ1) is 18.0. The van der Waals surface area contributed by atoms with Gasteiger partial charge < -0.3 is 4.74 Å². The Balaban J connectivity index is 1.70. The Morgan fingerprint density at radius 2 is 1.97 bits per heavy atom. The van der Waals surface area contributed by atoms with Crippen LogP contribution in [0.15, 0.2) is 72.3 Å². The molecule has 0 atom stereocenters. The smallest absolute Gasteiger partial charge is 0.162 e. The first-order valence-corrected chi connectivity index (χ1v) is 9.60. The van der Waals surface area contributed by atoms with Gasteiger partial charge in [-0.25, -0.2) is 4.98 Å². The van der Waals surface area contributed by atoms with Crippen LogP contribution in [0, 0.1) is 11.3 Å². The van der Waals surface area contributed by atoms with E-state index in [1.54, 1.807) is 13.4 Å². The van der Waals surface area contributed by atoms with Crippen LogP contribution < -0.4 is 15.3 Å². The van der Waals surface area contributed by atoms with Crippen molar-refractivity contribution in [1.82, 2.24) is 20.1 Å².